The Bertz CT molecular complexity index is 402. The molecule has 0 saturated heterocycles. The van der Waals surface area contributed by atoms with Crippen molar-refractivity contribution in [2.45, 2.75) is 30.1 Å². The number of halogens is 2. The highest BCUT2D eigenvalue weighted by atomic mass is 79.9. The van der Waals surface area contributed by atoms with E-state index in [1.165, 1.54) is 6.07 Å². The molecule has 2 rings (SSSR count). The van der Waals surface area contributed by atoms with Crippen molar-refractivity contribution in [1.29, 1.82) is 0 Å². The second-order valence-electron chi connectivity index (χ2n) is 4.52. The summed E-state index contributed by atoms with van der Waals surface area (Å²) in [6.07, 6.45) is 0.911. The van der Waals surface area contributed by atoms with Crippen LogP contribution in [-0.4, -0.2) is 37.4 Å². The maximum atomic E-state index is 13.4. The minimum atomic E-state index is -0.228. The van der Waals surface area contributed by atoms with Crippen molar-refractivity contribution in [2.24, 2.45) is 0 Å². The number of hydrogen-bond donors (Lipinski definition) is 0. The summed E-state index contributed by atoms with van der Waals surface area (Å²) in [5.41, 5.74) is 0.580. The molecule has 0 N–H and O–H groups in total. The summed E-state index contributed by atoms with van der Waals surface area (Å²) in [6, 6.07) is 6.66. The molecule has 106 valence electrons. The van der Waals surface area contributed by atoms with E-state index in [9.17, 15) is 4.39 Å². The van der Waals surface area contributed by atoms with Crippen molar-refractivity contribution < 1.29 is 18.6 Å². The van der Waals surface area contributed by atoms with Gasteiger partial charge in [-0.05, 0) is 12.5 Å². The number of methoxy groups -OCH3 is 1. The van der Waals surface area contributed by atoms with Gasteiger partial charge in [-0.15, -0.1) is 0 Å². The van der Waals surface area contributed by atoms with Gasteiger partial charge in [-0.1, -0.05) is 34.1 Å². The van der Waals surface area contributed by atoms with Crippen LogP contribution in [0.2, 0.25) is 0 Å². The number of hydrogen-bond acceptors (Lipinski definition) is 3. The zero-order chi connectivity index (χ0) is 13.7. The third-order valence-electron chi connectivity index (χ3n) is 3.19. The Labute approximate surface area is 121 Å². The van der Waals surface area contributed by atoms with E-state index < -0.39 is 0 Å². The Balaban J connectivity index is 1.78. The van der Waals surface area contributed by atoms with Gasteiger partial charge < -0.3 is 14.2 Å². The van der Waals surface area contributed by atoms with Gasteiger partial charge in [0.1, 0.15) is 5.82 Å². The molecule has 5 heteroatoms. The van der Waals surface area contributed by atoms with Gasteiger partial charge >= 0.3 is 0 Å². The fraction of sp³-hybridized carbons (Fsp3) is 0.571. The van der Waals surface area contributed by atoms with Gasteiger partial charge in [0.2, 0.25) is 0 Å². The topological polar surface area (TPSA) is 27.7 Å². The smallest absolute Gasteiger partial charge is 0.128 e. The molecule has 0 aromatic heterocycles. The SMILES string of the molecule is COCCOC1C(Br)CC1OCc1ccccc1F. The average Bonchev–Trinajstić information content (AvgIpc) is 2.41. The molecule has 0 bridgehead atoms. The van der Waals surface area contributed by atoms with Gasteiger partial charge in [-0.2, -0.15) is 0 Å². The van der Waals surface area contributed by atoms with Gasteiger partial charge in [0.25, 0.3) is 0 Å². The quantitative estimate of drug-likeness (QED) is 0.567. The highest BCUT2D eigenvalue weighted by molar-refractivity contribution is 9.09. The summed E-state index contributed by atoms with van der Waals surface area (Å²) >= 11 is 3.54. The Morgan fingerprint density at radius 3 is 2.74 bits per heavy atom. The molecule has 1 aromatic rings. The van der Waals surface area contributed by atoms with Crippen LogP contribution in [0, 0.1) is 5.82 Å². The van der Waals surface area contributed by atoms with Crippen molar-refractivity contribution >= 4 is 15.9 Å². The monoisotopic (exact) mass is 332 g/mol. The lowest BCUT2D eigenvalue weighted by Crippen LogP contribution is -2.51. The van der Waals surface area contributed by atoms with E-state index in [2.05, 4.69) is 15.9 Å². The second kappa shape index (κ2) is 7.33. The third kappa shape index (κ3) is 3.99. The third-order valence-corrected chi connectivity index (χ3v) is 4.08. The van der Waals surface area contributed by atoms with Crippen LogP contribution in [0.3, 0.4) is 0 Å². The fourth-order valence-electron chi connectivity index (χ4n) is 1.98. The van der Waals surface area contributed by atoms with Crippen LogP contribution in [0.4, 0.5) is 4.39 Å². The maximum absolute atomic E-state index is 13.4. The number of alkyl halides is 1. The maximum Gasteiger partial charge on any atom is 0.128 e. The molecule has 19 heavy (non-hydrogen) atoms. The van der Waals surface area contributed by atoms with Crippen LogP contribution in [0.25, 0.3) is 0 Å². The lowest BCUT2D eigenvalue weighted by Gasteiger charge is -2.40. The van der Waals surface area contributed by atoms with Crippen molar-refractivity contribution in [2.75, 3.05) is 20.3 Å². The van der Waals surface area contributed by atoms with E-state index in [1.54, 1.807) is 19.2 Å². The van der Waals surface area contributed by atoms with Gasteiger partial charge in [-0.25, -0.2) is 4.39 Å². The standard InChI is InChI=1S/C14H18BrFO3/c1-17-6-7-18-14-11(15)8-13(14)19-9-10-4-2-3-5-12(10)16/h2-5,11,13-14H,6-9H2,1H3. The molecule has 3 nitrogen and oxygen atoms in total. The number of benzene rings is 1. The summed E-state index contributed by atoms with van der Waals surface area (Å²) in [4.78, 5) is 0.301. The molecule has 3 unspecified atom stereocenters. The van der Waals surface area contributed by atoms with Crippen LogP contribution < -0.4 is 0 Å². The summed E-state index contributed by atoms with van der Waals surface area (Å²) < 4.78 is 29.8. The largest absolute Gasteiger partial charge is 0.382 e. The fourth-order valence-corrected chi connectivity index (χ4v) is 2.84. The second-order valence-corrected chi connectivity index (χ2v) is 5.70. The van der Waals surface area contributed by atoms with E-state index in [1.807, 2.05) is 6.07 Å². The molecule has 1 saturated carbocycles. The van der Waals surface area contributed by atoms with Crippen molar-refractivity contribution in [1.82, 2.24) is 0 Å². The van der Waals surface area contributed by atoms with Crippen LogP contribution in [0.1, 0.15) is 12.0 Å². The van der Waals surface area contributed by atoms with Crippen LogP contribution in [0.5, 0.6) is 0 Å². The minimum absolute atomic E-state index is 0.0147. The molecule has 0 radical (unpaired) electrons. The number of rotatable bonds is 7. The molecule has 1 aromatic carbocycles. The Kier molecular flexibility index (Phi) is 5.76. The van der Waals surface area contributed by atoms with Gasteiger partial charge in [0, 0.05) is 17.5 Å². The molecular formula is C14H18BrFO3. The normalized spacial score (nSPS) is 26.2. The summed E-state index contributed by atoms with van der Waals surface area (Å²) in [6.45, 7) is 1.39. The zero-order valence-corrected chi connectivity index (χ0v) is 12.4. The molecule has 0 aliphatic heterocycles. The average molecular weight is 333 g/mol. The lowest BCUT2D eigenvalue weighted by atomic mass is 9.91. The lowest BCUT2D eigenvalue weighted by molar-refractivity contribution is -0.132. The summed E-state index contributed by atoms with van der Waals surface area (Å²) in [5, 5.41) is 0. The Hall–Kier alpha value is -0.490. The molecule has 1 fully saturated rings. The predicted molar refractivity (Wildman–Crippen MR) is 73.9 cm³/mol. The van der Waals surface area contributed by atoms with E-state index in [0.29, 0.717) is 23.6 Å². The minimum Gasteiger partial charge on any atom is -0.382 e. The van der Waals surface area contributed by atoms with Gasteiger partial charge in [0.15, 0.2) is 0 Å². The molecule has 3 atom stereocenters. The molecular weight excluding hydrogens is 315 g/mol. The van der Waals surface area contributed by atoms with E-state index >= 15 is 0 Å². The van der Waals surface area contributed by atoms with Crippen molar-refractivity contribution in [3.8, 4) is 0 Å². The molecule has 0 spiro atoms. The first-order valence-electron chi connectivity index (χ1n) is 6.32. The van der Waals surface area contributed by atoms with Crippen molar-refractivity contribution in [3.05, 3.63) is 35.6 Å². The molecule has 1 aliphatic rings. The zero-order valence-electron chi connectivity index (χ0n) is 10.9. The van der Waals surface area contributed by atoms with Crippen molar-refractivity contribution in [3.63, 3.8) is 0 Å². The van der Waals surface area contributed by atoms with Crippen LogP contribution in [-0.2, 0) is 20.8 Å². The van der Waals surface area contributed by atoms with E-state index in [0.717, 1.165) is 6.42 Å². The summed E-state index contributed by atoms with van der Waals surface area (Å²) in [7, 11) is 1.64. The Morgan fingerprint density at radius 1 is 1.26 bits per heavy atom. The predicted octanol–water partition coefficient (Wildman–Crippen LogP) is 2.91. The molecule has 0 amide bonds. The number of ether oxygens (including phenoxy) is 3. The van der Waals surface area contributed by atoms with Gasteiger partial charge in [-0.3, -0.25) is 0 Å². The first-order chi connectivity index (χ1) is 9.22. The summed E-state index contributed by atoms with van der Waals surface area (Å²) in [5.74, 6) is -0.228. The van der Waals surface area contributed by atoms with E-state index in [4.69, 9.17) is 14.2 Å². The molecule has 0 heterocycles. The highest BCUT2D eigenvalue weighted by Gasteiger charge is 2.41. The first kappa shape index (κ1) is 14.9. The van der Waals surface area contributed by atoms with Crippen LogP contribution >= 0.6 is 15.9 Å². The molecule has 1 aliphatic carbocycles. The van der Waals surface area contributed by atoms with Crippen LogP contribution in [0.15, 0.2) is 24.3 Å². The van der Waals surface area contributed by atoms with Gasteiger partial charge in [0.05, 0.1) is 32.0 Å². The highest BCUT2D eigenvalue weighted by Crippen LogP contribution is 2.33. The first-order valence-corrected chi connectivity index (χ1v) is 7.23. The van der Waals surface area contributed by atoms with E-state index in [-0.39, 0.29) is 24.6 Å². The Morgan fingerprint density at radius 2 is 2.05 bits per heavy atom.